The van der Waals surface area contributed by atoms with Crippen LogP contribution in [-0.4, -0.2) is 61.8 Å². The molecule has 4 heteroatoms. The van der Waals surface area contributed by atoms with E-state index in [1.54, 1.807) is 0 Å². The fourth-order valence-electron chi connectivity index (χ4n) is 2.04. The number of hydrogen-bond donors (Lipinski definition) is 1. The monoisotopic (exact) mass is 260 g/mol. The summed E-state index contributed by atoms with van der Waals surface area (Å²) >= 11 is 2.02. The first-order valence-corrected chi connectivity index (χ1v) is 8.14. The van der Waals surface area contributed by atoms with Crippen LogP contribution >= 0.6 is 11.8 Å². The Morgan fingerprint density at radius 1 is 1.29 bits per heavy atom. The van der Waals surface area contributed by atoms with Gasteiger partial charge in [0.25, 0.3) is 0 Å². The van der Waals surface area contributed by atoms with Crippen molar-refractivity contribution in [1.82, 2.24) is 10.2 Å². The first kappa shape index (κ1) is 15.3. The van der Waals surface area contributed by atoms with Crippen LogP contribution in [0, 0.1) is 0 Å². The van der Waals surface area contributed by atoms with Crippen LogP contribution in [0.15, 0.2) is 0 Å². The Morgan fingerprint density at radius 2 is 2.12 bits per heavy atom. The van der Waals surface area contributed by atoms with Crippen LogP contribution < -0.4 is 5.32 Å². The van der Waals surface area contributed by atoms with E-state index in [9.17, 15) is 0 Å². The number of hydrogen-bond acceptors (Lipinski definition) is 4. The Labute approximate surface area is 111 Å². The lowest BCUT2D eigenvalue weighted by Gasteiger charge is -2.18. The molecule has 1 N–H and O–H groups in total. The summed E-state index contributed by atoms with van der Waals surface area (Å²) in [5, 5.41) is 3.51. The maximum absolute atomic E-state index is 5.59. The van der Waals surface area contributed by atoms with E-state index in [2.05, 4.69) is 24.1 Å². The largest absolute Gasteiger partial charge is 0.377 e. The summed E-state index contributed by atoms with van der Waals surface area (Å²) < 4.78 is 5.59. The van der Waals surface area contributed by atoms with Gasteiger partial charge in [-0.2, -0.15) is 11.8 Å². The van der Waals surface area contributed by atoms with Crippen molar-refractivity contribution < 1.29 is 4.74 Å². The first-order valence-electron chi connectivity index (χ1n) is 6.99. The van der Waals surface area contributed by atoms with Crippen LogP contribution in [-0.2, 0) is 4.74 Å². The molecule has 0 aliphatic carbocycles. The Balaban J connectivity index is 1.80. The molecule has 1 atom stereocenters. The van der Waals surface area contributed by atoms with Gasteiger partial charge in [-0.05, 0) is 25.9 Å². The van der Waals surface area contributed by atoms with Crippen LogP contribution in [0.2, 0.25) is 0 Å². The molecule has 1 saturated heterocycles. The lowest BCUT2D eigenvalue weighted by molar-refractivity contribution is 0.129. The lowest BCUT2D eigenvalue weighted by atomic mass is 10.3. The van der Waals surface area contributed by atoms with Gasteiger partial charge in [0.1, 0.15) is 0 Å². The molecule has 1 rings (SSSR count). The van der Waals surface area contributed by atoms with Gasteiger partial charge in [-0.25, -0.2) is 0 Å². The molecule has 102 valence electrons. The number of thioether (sulfide) groups is 1. The highest BCUT2D eigenvalue weighted by molar-refractivity contribution is 7.99. The molecule has 0 radical (unpaired) electrons. The van der Waals surface area contributed by atoms with Gasteiger partial charge in [-0.3, -0.25) is 0 Å². The summed E-state index contributed by atoms with van der Waals surface area (Å²) in [5.74, 6) is 2.38. The summed E-state index contributed by atoms with van der Waals surface area (Å²) in [5.41, 5.74) is 0. The molecule has 0 aromatic heterocycles. The van der Waals surface area contributed by atoms with E-state index in [0.717, 1.165) is 32.8 Å². The molecule has 17 heavy (non-hydrogen) atoms. The predicted molar refractivity (Wildman–Crippen MR) is 77.0 cm³/mol. The number of ether oxygens (including phenoxy) is 1. The molecule has 0 aromatic rings. The van der Waals surface area contributed by atoms with Crippen molar-refractivity contribution in [3.63, 3.8) is 0 Å². The van der Waals surface area contributed by atoms with E-state index in [1.807, 2.05) is 11.8 Å². The maximum atomic E-state index is 5.59. The second kappa shape index (κ2) is 10.2. The lowest BCUT2D eigenvalue weighted by Crippen LogP contribution is -2.32. The topological polar surface area (TPSA) is 24.5 Å². The zero-order valence-corrected chi connectivity index (χ0v) is 12.2. The fraction of sp³-hybridized carbons (Fsp3) is 1.00. The minimum Gasteiger partial charge on any atom is -0.377 e. The molecule has 1 unspecified atom stereocenters. The quantitative estimate of drug-likeness (QED) is 0.606. The molecule has 1 fully saturated rings. The standard InChI is InChI=1S/C13H28N2OS/c1-3-15(4-2)9-7-14-8-11-17-12-13-6-5-10-16-13/h13-14H,3-12H2,1-2H3. The molecule has 3 nitrogen and oxygen atoms in total. The van der Waals surface area contributed by atoms with Crippen molar-refractivity contribution in [3.8, 4) is 0 Å². The van der Waals surface area contributed by atoms with E-state index in [-0.39, 0.29) is 0 Å². The Bertz CT molecular complexity index is 165. The second-order valence-electron chi connectivity index (χ2n) is 4.49. The maximum Gasteiger partial charge on any atom is 0.0666 e. The fourth-order valence-corrected chi connectivity index (χ4v) is 3.02. The molecule has 0 spiro atoms. The molecule has 0 saturated carbocycles. The van der Waals surface area contributed by atoms with Crippen molar-refractivity contribution in [2.75, 3.05) is 50.8 Å². The highest BCUT2D eigenvalue weighted by Gasteiger charge is 2.14. The highest BCUT2D eigenvalue weighted by atomic mass is 32.2. The van der Waals surface area contributed by atoms with Crippen molar-refractivity contribution in [3.05, 3.63) is 0 Å². The van der Waals surface area contributed by atoms with Gasteiger partial charge in [-0.15, -0.1) is 0 Å². The van der Waals surface area contributed by atoms with E-state index in [4.69, 9.17) is 4.74 Å². The third-order valence-electron chi connectivity index (χ3n) is 3.25. The Morgan fingerprint density at radius 3 is 2.76 bits per heavy atom. The molecule has 0 aromatic carbocycles. The number of likely N-dealkylation sites (N-methyl/N-ethyl adjacent to an activating group) is 1. The number of rotatable bonds is 10. The van der Waals surface area contributed by atoms with Gasteiger partial charge in [-0.1, -0.05) is 13.8 Å². The van der Waals surface area contributed by atoms with Crippen LogP contribution in [0.4, 0.5) is 0 Å². The molecule has 1 heterocycles. The van der Waals surface area contributed by atoms with Crippen LogP contribution in [0.3, 0.4) is 0 Å². The van der Waals surface area contributed by atoms with E-state index in [0.29, 0.717) is 6.10 Å². The summed E-state index contributed by atoms with van der Waals surface area (Å²) in [6.45, 7) is 11.2. The summed E-state index contributed by atoms with van der Waals surface area (Å²) in [4.78, 5) is 2.45. The molecule has 0 amide bonds. The highest BCUT2D eigenvalue weighted by Crippen LogP contribution is 2.16. The number of nitrogens with one attached hydrogen (secondary N) is 1. The number of nitrogens with zero attached hydrogens (tertiary/aromatic N) is 1. The average Bonchev–Trinajstić information content (AvgIpc) is 2.86. The van der Waals surface area contributed by atoms with Crippen LogP contribution in [0.1, 0.15) is 26.7 Å². The smallest absolute Gasteiger partial charge is 0.0666 e. The SMILES string of the molecule is CCN(CC)CCNCCSCC1CCCO1. The van der Waals surface area contributed by atoms with Gasteiger partial charge in [0.2, 0.25) is 0 Å². The van der Waals surface area contributed by atoms with E-state index >= 15 is 0 Å². The third kappa shape index (κ3) is 7.29. The Kier molecular flexibility index (Phi) is 9.16. The van der Waals surface area contributed by atoms with Crippen LogP contribution in [0.25, 0.3) is 0 Å². The second-order valence-corrected chi connectivity index (χ2v) is 5.64. The minimum atomic E-state index is 0.538. The van der Waals surface area contributed by atoms with Gasteiger partial charge >= 0.3 is 0 Å². The minimum absolute atomic E-state index is 0.538. The van der Waals surface area contributed by atoms with E-state index < -0.39 is 0 Å². The van der Waals surface area contributed by atoms with Gasteiger partial charge in [0.15, 0.2) is 0 Å². The van der Waals surface area contributed by atoms with Crippen molar-refractivity contribution >= 4 is 11.8 Å². The van der Waals surface area contributed by atoms with Gasteiger partial charge in [0.05, 0.1) is 6.10 Å². The molecular weight excluding hydrogens is 232 g/mol. The van der Waals surface area contributed by atoms with Crippen molar-refractivity contribution in [2.24, 2.45) is 0 Å². The van der Waals surface area contributed by atoms with Crippen molar-refractivity contribution in [1.29, 1.82) is 0 Å². The van der Waals surface area contributed by atoms with Crippen molar-refractivity contribution in [2.45, 2.75) is 32.8 Å². The van der Waals surface area contributed by atoms with Gasteiger partial charge < -0.3 is 15.0 Å². The van der Waals surface area contributed by atoms with Crippen LogP contribution in [0.5, 0.6) is 0 Å². The molecule has 1 aliphatic rings. The summed E-state index contributed by atoms with van der Waals surface area (Å²) in [6.07, 6.45) is 3.06. The van der Waals surface area contributed by atoms with Gasteiger partial charge in [0, 0.05) is 37.7 Å². The van der Waals surface area contributed by atoms with E-state index in [1.165, 1.54) is 30.9 Å². The zero-order chi connectivity index (χ0) is 12.3. The molecule has 0 bridgehead atoms. The summed E-state index contributed by atoms with van der Waals surface area (Å²) in [6, 6.07) is 0. The molecule has 1 aliphatic heterocycles. The zero-order valence-electron chi connectivity index (χ0n) is 11.4. The normalized spacial score (nSPS) is 20.3. The molecular formula is C13H28N2OS. The third-order valence-corrected chi connectivity index (χ3v) is 4.35. The Hall–Kier alpha value is 0.230. The first-order chi connectivity index (χ1) is 8.36. The average molecular weight is 260 g/mol. The predicted octanol–water partition coefficient (Wildman–Crippen LogP) is 1.83. The summed E-state index contributed by atoms with van der Waals surface area (Å²) in [7, 11) is 0.